The largest absolute Gasteiger partial charge is 0.309 e. The molecule has 5 heteroatoms. The molecule has 0 fully saturated rings. The number of anilines is 1. The SMILES string of the molecule is CNC(C)C(=O)Nc1n[nH]c(C)c1C. The van der Waals surface area contributed by atoms with Crippen LogP contribution in [0.15, 0.2) is 0 Å². The number of nitrogens with one attached hydrogen (secondary N) is 3. The molecule has 0 radical (unpaired) electrons. The smallest absolute Gasteiger partial charge is 0.242 e. The monoisotopic (exact) mass is 196 g/mol. The van der Waals surface area contributed by atoms with Crippen LogP contribution in [0.25, 0.3) is 0 Å². The zero-order chi connectivity index (χ0) is 10.7. The van der Waals surface area contributed by atoms with Crippen molar-refractivity contribution in [2.24, 2.45) is 0 Å². The molecule has 1 rings (SSSR count). The molecule has 1 atom stereocenters. The Morgan fingerprint density at radius 2 is 2.14 bits per heavy atom. The van der Waals surface area contributed by atoms with Crippen LogP contribution in [0.4, 0.5) is 5.82 Å². The molecule has 78 valence electrons. The molecule has 1 aromatic rings. The van der Waals surface area contributed by atoms with Gasteiger partial charge in [-0.2, -0.15) is 5.10 Å². The number of aryl methyl sites for hydroxylation is 1. The summed E-state index contributed by atoms with van der Waals surface area (Å²) in [6.07, 6.45) is 0. The van der Waals surface area contributed by atoms with E-state index in [2.05, 4.69) is 20.8 Å². The minimum atomic E-state index is -0.216. The van der Waals surface area contributed by atoms with Crippen molar-refractivity contribution in [2.45, 2.75) is 26.8 Å². The molecule has 1 heterocycles. The first-order chi connectivity index (χ1) is 6.56. The zero-order valence-corrected chi connectivity index (χ0v) is 8.93. The van der Waals surface area contributed by atoms with Crippen molar-refractivity contribution in [1.82, 2.24) is 15.5 Å². The van der Waals surface area contributed by atoms with Crippen molar-refractivity contribution >= 4 is 11.7 Å². The molecule has 0 spiro atoms. The summed E-state index contributed by atoms with van der Waals surface area (Å²) >= 11 is 0. The number of rotatable bonds is 3. The van der Waals surface area contributed by atoms with Gasteiger partial charge in [-0.15, -0.1) is 0 Å². The van der Waals surface area contributed by atoms with Crippen LogP contribution in [0.5, 0.6) is 0 Å². The normalized spacial score (nSPS) is 12.6. The fraction of sp³-hybridized carbons (Fsp3) is 0.556. The number of carbonyl (C=O) groups excluding carboxylic acids is 1. The van der Waals surface area contributed by atoms with E-state index in [4.69, 9.17) is 0 Å². The highest BCUT2D eigenvalue weighted by molar-refractivity contribution is 5.94. The van der Waals surface area contributed by atoms with E-state index in [-0.39, 0.29) is 11.9 Å². The van der Waals surface area contributed by atoms with E-state index in [0.717, 1.165) is 11.3 Å². The lowest BCUT2D eigenvalue weighted by Crippen LogP contribution is -2.35. The van der Waals surface area contributed by atoms with E-state index in [1.165, 1.54) is 0 Å². The van der Waals surface area contributed by atoms with Crippen LogP contribution in [0, 0.1) is 13.8 Å². The number of aromatic nitrogens is 2. The topological polar surface area (TPSA) is 69.8 Å². The van der Waals surface area contributed by atoms with Gasteiger partial charge in [-0.05, 0) is 27.8 Å². The Kier molecular flexibility index (Phi) is 3.24. The lowest BCUT2D eigenvalue weighted by molar-refractivity contribution is -0.117. The second-order valence-electron chi connectivity index (χ2n) is 3.32. The zero-order valence-electron chi connectivity index (χ0n) is 8.93. The van der Waals surface area contributed by atoms with Crippen molar-refractivity contribution in [3.63, 3.8) is 0 Å². The highest BCUT2D eigenvalue weighted by Gasteiger charge is 2.13. The maximum absolute atomic E-state index is 11.5. The third kappa shape index (κ3) is 2.11. The minimum Gasteiger partial charge on any atom is -0.309 e. The summed E-state index contributed by atoms with van der Waals surface area (Å²) in [4.78, 5) is 11.5. The van der Waals surface area contributed by atoms with E-state index in [0.29, 0.717) is 5.82 Å². The van der Waals surface area contributed by atoms with Crippen molar-refractivity contribution in [3.05, 3.63) is 11.3 Å². The number of amides is 1. The number of nitrogens with zero attached hydrogens (tertiary/aromatic N) is 1. The first-order valence-corrected chi connectivity index (χ1v) is 4.56. The molecule has 1 unspecified atom stereocenters. The van der Waals surface area contributed by atoms with Crippen LogP contribution in [-0.2, 0) is 4.79 Å². The van der Waals surface area contributed by atoms with E-state index in [1.807, 2.05) is 13.8 Å². The van der Waals surface area contributed by atoms with Gasteiger partial charge in [-0.1, -0.05) is 0 Å². The van der Waals surface area contributed by atoms with Crippen LogP contribution in [0.2, 0.25) is 0 Å². The highest BCUT2D eigenvalue weighted by atomic mass is 16.2. The Labute approximate surface area is 83.3 Å². The number of carbonyl (C=O) groups is 1. The molecule has 0 aromatic carbocycles. The van der Waals surface area contributed by atoms with Gasteiger partial charge in [-0.25, -0.2) is 0 Å². The maximum atomic E-state index is 11.5. The standard InChI is InChI=1S/C9H16N4O/c1-5-6(2)12-13-8(5)11-9(14)7(3)10-4/h7,10H,1-4H3,(H2,11,12,13,14). The molecule has 0 aliphatic carbocycles. The average molecular weight is 196 g/mol. The number of likely N-dealkylation sites (N-methyl/N-ethyl adjacent to an activating group) is 1. The summed E-state index contributed by atoms with van der Waals surface area (Å²) in [5.74, 6) is 0.525. The minimum absolute atomic E-state index is 0.0814. The molecule has 0 bridgehead atoms. The Balaban J connectivity index is 2.70. The van der Waals surface area contributed by atoms with Gasteiger partial charge in [0.25, 0.3) is 0 Å². The molecular weight excluding hydrogens is 180 g/mol. The first kappa shape index (κ1) is 10.7. The summed E-state index contributed by atoms with van der Waals surface area (Å²) in [7, 11) is 1.74. The predicted octanol–water partition coefficient (Wildman–Crippen LogP) is 0.573. The molecule has 3 N–H and O–H groups in total. The van der Waals surface area contributed by atoms with Crippen LogP contribution in [0.1, 0.15) is 18.2 Å². The molecule has 0 saturated heterocycles. The van der Waals surface area contributed by atoms with Crippen molar-refractivity contribution in [2.75, 3.05) is 12.4 Å². The van der Waals surface area contributed by atoms with Gasteiger partial charge in [0.2, 0.25) is 5.91 Å². The van der Waals surface area contributed by atoms with E-state index in [9.17, 15) is 4.79 Å². The van der Waals surface area contributed by atoms with E-state index >= 15 is 0 Å². The quantitative estimate of drug-likeness (QED) is 0.662. The highest BCUT2D eigenvalue weighted by Crippen LogP contribution is 2.13. The lowest BCUT2D eigenvalue weighted by Gasteiger charge is -2.09. The Morgan fingerprint density at radius 3 is 2.57 bits per heavy atom. The van der Waals surface area contributed by atoms with E-state index in [1.54, 1.807) is 14.0 Å². The number of H-pyrrole nitrogens is 1. The molecule has 1 amide bonds. The van der Waals surface area contributed by atoms with Gasteiger partial charge < -0.3 is 10.6 Å². The summed E-state index contributed by atoms with van der Waals surface area (Å²) in [6, 6.07) is -0.216. The van der Waals surface area contributed by atoms with Gasteiger partial charge in [-0.3, -0.25) is 9.89 Å². The second-order valence-corrected chi connectivity index (χ2v) is 3.32. The Morgan fingerprint density at radius 1 is 1.50 bits per heavy atom. The van der Waals surface area contributed by atoms with Crippen molar-refractivity contribution < 1.29 is 4.79 Å². The second kappa shape index (κ2) is 4.23. The van der Waals surface area contributed by atoms with Crippen LogP contribution >= 0.6 is 0 Å². The molecule has 1 aromatic heterocycles. The predicted molar refractivity (Wildman–Crippen MR) is 55.2 cm³/mol. The van der Waals surface area contributed by atoms with Gasteiger partial charge in [0, 0.05) is 11.3 Å². The maximum Gasteiger partial charge on any atom is 0.242 e. The number of aromatic amines is 1. The van der Waals surface area contributed by atoms with Crippen LogP contribution in [-0.4, -0.2) is 29.2 Å². The molecule has 0 aliphatic rings. The Bertz CT molecular complexity index is 332. The average Bonchev–Trinajstić information content (AvgIpc) is 2.48. The molecule has 0 saturated carbocycles. The number of hydrogen-bond donors (Lipinski definition) is 3. The lowest BCUT2D eigenvalue weighted by atomic mass is 10.2. The van der Waals surface area contributed by atoms with Crippen molar-refractivity contribution in [3.8, 4) is 0 Å². The molecule has 5 nitrogen and oxygen atoms in total. The van der Waals surface area contributed by atoms with E-state index < -0.39 is 0 Å². The Hall–Kier alpha value is -1.36. The molecule has 14 heavy (non-hydrogen) atoms. The fourth-order valence-corrected chi connectivity index (χ4v) is 0.963. The van der Waals surface area contributed by atoms with Gasteiger partial charge in [0.1, 0.15) is 0 Å². The third-order valence-electron chi connectivity index (χ3n) is 2.32. The van der Waals surface area contributed by atoms with Crippen molar-refractivity contribution in [1.29, 1.82) is 0 Å². The first-order valence-electron chi connectivity index (χ1n) is 4.56. The summed E-state index contributed by atoms with van der Waals surface area (Å²) in [5, 5.41) is 12.4. The van der Waals surface area contributed by atoms with Gasteiger partial charge in [0.15, 0.2) is 5.82 Å². The molecule has 0 aliphatic heterocycles. The summed E-state index contributed by atoms with van der Waals surface area (Å²) < 4.78 is 0. The van der Waals surface area contributed by atoms with Gasteiger partial charge >= 0.3 is 0 Å². The van der Waals surface area contributed by atoms with Crippen LogP contribution < -0.4 is 10.6 Å². The summed E-state index contributed by atoms with van der Waals surface area (Å²) in [6.45, 7) is 5.63. The summed E-state index contributed by atoms with van der Waals surface area (Å²) in [5.41, 5.74) is 1.94. The third-order valence-corrected chi connectivity index (χ3v) is 2.32. The van der Waals surface area contributed by atoms with Crippen LogP contribution in [0.3, 0.4) is 0 Å². The fourth-order valence-electron chi connectivity index (χ4n) is 0.963. The van der Waals surface area contributed by atoms with Gasteiger partial charge in [0.05, 0.1) is 6.04 Å². The number of hydrogen-bond acceptors (Lipinski definition) is 3. The molecular formula is C9H16N4O.